The van der Waals surface area contributed by atoms with Crippen LogP contribution in [0.4, 0.5) is 14.9 Å². The number of carbonyl (C=O) groups excluding carboxylic acids is 1. The van der Waals surface area contributed by atoms with E-state index in [0.717, 1.165) is 18.5 Å². The molecule has 0 unspecified atom stereocenters. The number of amides is 2. The van der Waals surface area contributed by atoms with Crippen molar-refractivity contribution in [3.05, 3.63) is 65.1 Å². The van der Waals surface area contributed by atoms with E-state index in [1.165, 1.54) is 22.5 Å². The maximum Gasteiger partial charge on any atom is 0.322 e. The van der Waals surface area contributed by atoms with E-state index in [-0.39, 0.29) is 11.8 Å². The molecule has 1 aromatic heterocycles. The number of ether oxygens (including phenoxy) is 1. The number of anilines is 1. The van der Waals surface area contributed by atoms with E-state index in [1.54, 1.807) is 31.1 Å². The van der Waals surface area contributed by atoms with Crippen molar-refractivity contribution in [2.45, 2.75) is 26.4 Å². The van der Waals surface area contributed by atoms with Gasteiger partial charge in [0.25, 0.3) is 0 Å². The monoisotopic (exact) mass is 381 g/mol. The second kappa shape index (κ2) is 7.64. The van der Waals surface area contributed by atoms with Gasteiger partial charge < -0.3 is 19.5 Å². The summed E-state index contributed by atoms with van der Waals surface area (Å²) < 4.78 is 21.2. The van der Waals surface area contributed by atoms with Gasteiger partial charge in [-0.1, -0.05) is 18.2 Å². The molecule has 0 saturated carbocycles. The first-order valence-corrected chi connectivity index (χ1v) is 9.47. The Kier molecular flexibility index (Phi) is 5.05. The Morgan fingerprint density at radius 3 is 2.89 bits per heavy atom. The number of benzene rings is 2. The van der Waals surface area contributed by atoms with Crippen LogP contribution in [0.5, 0.6) is 0 Å². The number of methoxy groups -OCH3 is 1. The van der Waals surface area contributed by atoms with Crippen LogP contribution in [0, 0.1) is 12.7 Å². The van der Waals surface area contributed by atoms with Gasteiger partial charge in [0, 0.05) is 49.5 Å². The zero-order valence-corrected chi connectivity index (χ0v) is 16.2. The third-order valence-electron chi connectivity index (χ3n) is 5.33. The van der Waals surface area contributed by atoms with E-state index in [2.05, 4.69) is 28.2 Å². The van der Waals surface area contributed by atoms with Gasteiger partial charge in [0.1, 0.15) is 5.82 Å². The largest absolute Gasteiger partial charge is 0.383 e. The molecule has 0 radical (unpaired) electrons. The van der Waals surface area contributed by atoms with Crippen LogP contribution >= 0.6 is 0 Å². The molecular weight excluding hydrogens is 357 g/mol. The number of aromatic nitrogens is 1. The van der Waals surface area contributed by atoms with Gasteiger partial charge >= 0.3 is 6.03 Å². The van der Waals surface area contributed by atoms with Crippen molar-refractivity contribution < 1.29 is 13.9 Å². The van der Waals surface area contributed by atoms with E-state index in [4.69, 9.17) is 4.74 Å². The molecule has 0 saturated heterocycles. The van der Waals surface area contributed by atoms with E-state index in [0.29, 0.717) is 30.9 Å². The molecule has 0 bridgehead atoms. The van der Waals surface area contributed by atoms with Crippen molar-refractivity contribution in [3.63, 3.8) is 0 Å². The molecule has 1 aliphatic rings. The van der Waals surface area contributed by atoms with Crippen LogP contribution in [-0.2, 0) is 24.2 Å². The highest BCUT2D eigenvalue weighted by atomic mass is 19.1. The van der Waals surface area contributed by atoms with E-state index in [1.807, 2.05) is 6.07 Å². The lowest BCUT2D eigenvalue weighted by Gasteiger charge is -2.22. The summed E-state index contributed by atoms with van der Waals surface area (Å²) in [6.45, 7) is 4.30. The second-order valence-corrected chi connectivity index (χ2v) is 7.22. The van der Waals surface area contributed by atoms with Gasteiger partial charge in [0.15, 0.2) is 0 Å². The lowest BCUT2D eigenvalue weighted by atomic mass is 10.1. The average Bonchev–Trinajstić information content (AvgIpc) is 2.93. The van der Waals surface area contributed by atoms with Crippen molar-refractivity contribution in [1.82, 2.24) is 9.47 Å². The summed E-state index contributed by atoms with van der Waals surface area (Å²) >= 11 is 0. The van der Waals surface area contributed by atoms with Crippen molar-refractivity contribution in [2.24, 2.45) is 0 Å². The zero-order chi connectivity index (χ0) is 19.7. The Hall–Kier alpha value is -2.86. The molecule has 28 heavy (non-hydrogen) atoms. The van der Waals surface area contributed by atoms with Crippen LogP contribution in [0.25, 0.3) is 10.9 Å². The number of carbonyl (C=O) groups is 1. The van der Waals surface area contributed by atoms with Gasteiger partial charge in [-0.25, -0.2) is 9.18 Å². The molecule has 6 heteroatoms. The average molecular weight is 381 g/mol. The molecular formula is C22H24FN3O2. The number of halogens is 1. The summed E-state index contributed by atoms with van der Waals surface area (Å²) in [6.07, 6.45) is 2.95. The minimum atomic E-state index is -0.320. The zero-order valence-electron chi connectivity index (χ0n) is 16.2. The maximum atomic E-state index is 13.8. The van der Waals surface area contributed by atoms with Gasteiger partial charge in [-0.05, 0) is 48.2 Å². The molecule has 0 aliphatic carbocycles. The number of urea groups is 1. The molecule has 2 aromatic carbocycles. The Morgan fingerprint density at radius 1 is 1.25 bits per heavy atom. The topological polar surface area (TPSA) is 46.5 Å². The van der Waals surface area contributed by atoms with Gasteiger partial charge in [-0.3, -0.25) is 0 Å². The van der Waals surface area contributed by atoms with Gasteiger partial charge in [0.2, 0.25) is 0 Å². The summed E-state index contributed by atoms with van der Waals surface area (Å²) in [4.78, 5) is 14.6. The van der Waals surface area contributed by atoms with E-state index >= 15 is 0 Å². The molecule has 4 rings (SSSR count). The summed E-state index contributed by atoms with van der Waals surface area (Å²) in [5.41, 5.74) is 4.58. The smallest absolute Gasteiger partial charge is 0.322 e. The lowest BCUT2D eigenvalue weighted by Crippen LogP contribution is -2.35. The predicted octanol–water partition coefficient (Wildman–Crippen LogP) is 4.33. The van der Waals surface area contributed by atoms with E-state index in [9.17, 15) is 9.18 Å². The second-order valence-electron chi connectivity index (χ2n) is 7.22. The third kappa shape index (κ3) is 3.47. The van der Waals surface area contributed by atoms with Crippen LogP contribution in [-0.4, -0.2) is 35.8 Å². The third-order valence-corrected chi connectivity index (χ3v) is 5.33. The van der Waals surface area contributed by atoms with Crippen LogP contribution < -0.4 is 5.32 Å². The molecule has 0 fully saturated rings. The molecule has 1 N–H and O–H groups in total. The number of nitrogens with zero attached hydrogens (tertiary/aromatic N) is 2. The highest BCUT2D eigenvalue weighted by molar-refractivity contribution is 5.92. The fourth-order valence-electron chi connectivity index (χ4n) is 3.80. The van der Waals surface area contributed by atoms with Crippen LogP contribution in [0.3, 0.4) is 0 Å². The molecule has 2 amide bonds. The highest BCUT2D eigenvalue weighted by Crippen LogP contribution is 2.30. The molecule has 146 valence electrons. The summed E-state index contributed by atoms with van der Waals surface area (Å²) in [5, 5.41) is 4.05. The SMILES string of the molecule is COCCn1cc2c3c(cccc31)CN(C(=O)Nc1ccc(C)c(F)c1)CC2. The molecule has 2 heterocycles. The Bertz CT molecular complexity index is 1030. The van der Waals surface area contributed by atoms with Gasteiger partial charge in [0.05, 0.1) is 6.61 Å². The fraction of sp³-hybridized carbons (Fsp3) is 0.318. The Balaban J connectivity index is 1.57. The number of hydrogen-bond donors (Lipinski definition) is 1. The van der Waals surface area contributed by atoms with Crippen molar-refractivity contribution in [3.8, 4) is 0 Å². The van der Waals surface area contributed by atoms with Crippen LogP contribution in [0.15, 0.2) is 42.6 Å². The summed E-state index contributed by atoms with van der Waals surface area (Å²) in [6, 6.07) is 10.8. The Morgan fingerprint density at radius 2 is 2.11 bits per heavy atom. The first kappa shape index (κ1) is 18.5. The molecule has 5 nitrogen and oxygen atoms in total. The van der Waals surface area contributed by atoms with Gasteiger partial charge in [-0.2, -0.15) is 0 Å². The van der Waals surface area contributed by atoms with Crippen LogP contribution in [0.2, 0.25) is 0 Å². The normalized spacial score (nSPS) is 13.6. The minimum Gasteiger partial charge on any atom is -0.383 e. The van der Waals surface area contributed by atoms with Crippen molar-refractivity contribution >= 4 is 22.6 Å². The summed E-state index contributed by atoms with van der Waals surface area (Å²) in [7, 11) is 1.71. The molecule has 1 aliphatic heterocycles. The predicted molar refractivity (Wildman–Crippen MR) is 108 cm³/mol. The molecule has 0 atom stereocenters. The quantitative estimate of drug-likeness (QED) is 0.731. The number of rotatable bonds is 4. The number of aryl methyl sites for hydroxylation is 1. The van der Waals surface area contributed by atoms with Gasteiger partial charge in [-0.15, -0.1) is 0 Å². The summed E-state index contributed by atoms with van der Waals surface area (Å²) in [5.74, 6) is -0.320. The molecule has 0 spiro atoms. The lowest BCUT2D eigenvalue weighted by molar-refractivity contribution is 0.188. The first-order valence-electron chi connectivity index (χ1n) is 9.47. The highest BCUT2D eigenvalue weighted by Gasteiger charge is 2.22. The molecule has 3 aromatic rings. The number of nitrogens with one attached hydrogen (secondary N) is 1. The number of hydrogen-bond acceptors (Lipinski definition) is 2. The Labute approximate surface area is 163 Å². The maximum absolute atomic E-state index is 13.8. The van der Waals surface area contributed by atoms with Crippen molar-refractivity contribution in [2.75, 3.05) is 25.6 Å². The minimum absolute atomic E-state index is 0.210. The fourth-order valence-corrected chi connectivity index (χ4v) is 3.80. The standard InChI is InChI=1S/C22H24FN3O2/c1-15-6-7-18(12-19(15)23)24-22(27)26-9-8-17-13-25(10-11-28-2)20-5-3-4-16(14-26)21(17)20/h3-7,12-13H,8-11,14H2,1-2H3,(H,24,27). The van der Waals surface area contributed by atoms with Crippen LogP contribution in [0.1, 0.15) is 16.7 Å². The van der Waals surface area contributed by atoms with E-state index < -0.39 is 0 Å². The first-order chi connectivity index (χ1) is 13.6. The van der Waals surface area contributed by atoms with Crippen molar-refractivity contribution in [1.29, 1.82) is 0 Å².